The lowest BCUT2D eigenvalue weighted by molar-refractivity contribution is -0.188. The maximum absolute atomic E-state index is 13.1. The van der Waals surface area contributed by atoms with Gasteiger partial charge in [0.25, 0.3) is 0 Å². The molecule has 6 nitrogen and oxygen atoms in total. The smallest absolute Gasteiger partial charge is 0.328 e. The fraction of sp³-hybridized carbons (Fsp3) is 0.611. The van der Waals surface area contributed by atoms with E-state index in [0.717, 1.165) is 29.8 Å². The topological polar surface area (TPSA) is 83.7 Å². The largest absolute Gasteiger partial charge is 0.471 e. The number of likely N-dealkylation sites (tertiary alicyclic amines) is 1. The van der Waals surface area contributed by atoms with E-state index >= 15 is 0 Å². The van der Waals surface area contributed by atoms with Gasteiger partial charge in [-0.15, -0.1) is 0 Å². The fourth-order valence-electron chi connectivity index (χ4n) is 4.26. The fourth-order valence-corrected chi connectivity index (χ4v) is 4.81. The molecule has 1 aromatic rings. The molecular formula is C18H24F3N3O3S. The molecule has 2 aliphatic heterocycles. The van der Waals surface area contributed by atoms with Crippen LogP contribution in [0.2, 0.25) is 0 Å². The van der Waals surface area contributed by atoms with Crippen LogP contribution < -0.4 is 5.14 Å². The third-order valence-corrected chi connectivity index (χ3v) is 6.66. The number of primary sulfonamides is 1. The van der Waals surface area contributed by atoms with Crippen molar-refractivity contribution in [3.8, 4) is 0 Å². The van der Waals surface area contributed by atoms with E-state index in [1.807, 2.05) is 7.05 Å². The predicted octanol–water partition coefficient (Wildman–Crippen LogP) is 2.20. The van der Waals surface area contributed by atoms with Gasteiger partial charge in [-0.2, -0.15) is 13.2 Å². The number of nitrogens with zero attached hydrogens (tertiary/aromatic N) is 2. The van der Waals surface area contributed by atoms with Crippen molar-refractivity contribution in [3.05, 3.63) is 29.3 Å². The lowest BCUT2D eigenvalue weighted by atomic mass is 9.88. The highest BCUT2D eigenvalue weighted by molar-refractivity contribution is 7.89. The molecule has 0 aromatic heterocycles. The van der Waals surface area contributed by atoms with Crippen molar-refractivity contribution >= 4 is 15.9 Å². The number of benzene rings is 1. The van der Waals surface area contributed by atoms with Crippen LogP contribution in [0.3, 0.4) is 0 Å². The van der Waals surface area contributed by atoms with Crippen LogP contribution in [0.5, 0.6) is 0 Å². The zero-order valence-corrected chi connectivity index (χ0v) is 16.4. The second-order valence-electron chi connectivity index (χ2n) is 7.52. The number of rotatable bonds is 4. The number of sulfonamides is 1. The second kappa shape index (κ2) is 7.64. The standard InChI is InChI=1S/C18H24F3N3O3S/c1-23-9-2-3-13(23)5-7-16-15-11-14(28(22,26)27)6-4-12(15)8-10-24(16)17(25)18(19,20)21/h4,6,11,13,16H,2-3,5,7-10H2,1H3,(H2,22,26,27)/t13-,16?/m0/s1. The van der Waals surface area contributed by atoms with E-state index in [9.17, 15) is 26.4 Å². The monoisotopic (exact) mass is 419 g/mol. The number of amides is 1. The summed E-state index contributed by atoms with van der Waals surface area (Å²) in [6, 6.07) is 3.68. The predicted molar refractivity (Wildman–Crippen MR) is 96.9 cm³/mol. The number of halogens is 3. The first kappa shape index (κ1) is 21.1. The van der Waals surface area contributed by atoms with Crippen LogP contribution in [0.15, 0.2) is 23.1 Å². The maximum Gasteiger partial charge on any atom is 0.471 e. The first-order chi connectivity index (χ1) is 13.0. The Bertz CT molecular complexity index is 857. The van der Waals surface area contributed by atoms with Crippen molar-refractivity contribution in [3.63, 3.8) is 0 Å². The van der Waals surface area contributed by atoms with E-state index in [1.165, 1.54) is 12.1 Å². The van der Waals surface area contributed by atoms with Crippen molar-refractivity contribution in [2.24, 2.45) is 5.14 Å². The Morgan fingerprint density at radius 1 is 1.25 bits per heavy atom. The first-order valence-electron chi connectivity index (χ1n) is 9.22. The number of nitrogens with two attached hydrogens (primary N) is 1. The Hall–Kier alpha value is -1.65. The van der Waals surface area contributed by atoms with Crippen LogP contribution in [-0.2, 0) is 21.2 Å². The third-order valence-electron chi connectivity index (χ3n) is 5.75. The molecule has 2 aliphatic rings. The molecule has 1 aromatic carbocycles. The number of carbonyl (C=O) groups is 1. The average molecular weight is 419 g/mol. The molecule has 0 bridgehead atoms. The van der Waals surface area contributed by atoms with E-state index in [0.29, 0.717) is 18.4 Å². The molecule has 0 radical (unpaired) electrons. The summed E-state index contributed by atoms with van der Waals surface area (Å²) in [5.41, 5.74) is 1.19. The number of carbonyl (C=O) groups excluding carboxylic acids is 1. The zero-order chi connectivity index (χ0) is 20.7. The van der Waals surface area contributed by atoms with Gasteiger partial charge in [-0.1, -0.05) is 6.07 Å². The summed E-state index contributed by atoms with van der Waals surface area (Å²) in [6.07, 6.45) is -1.79. The van der Waals surface area contributed by atoms with E-state index in [2.05, 4.69) is 4.90 Å². The number of hydrogen-bond donors (Lipinski definition) is 1. The van der Waals surface area contributed by atoms with Crippen LogP contribution in [-0.4, -0.2) is 56.5 Å². The second-order valence-corrected chi connectivity index (χ2v) is 9.08. The molecule has 156 valence electrons. The number of hydrogen-bond acceptors (Lipinski definition) is 4. The van der Waals surface area contributed by atoms with Crippen molar-refractivity contribution in [2.45, 2.75) is 55.3 Å². The molecule has 2 heterocycles. The van der Waals surface area contributed by atoms with Crippen molar-refractivity contribution in [2.75, 3.05) is 20.1 Å². The summed E-state index contributed by atoms with van der Waals surface area (Å²) in [7, 11) is -2.02. The first-order valence-corrected chi connectivity index (χ1v) is 10.8. The van der Waals surface area contributed by atoms with Gasteiger partial charge >= 0.3 is 12.1 Å². The van der Waals surface area contributed by atoms with Gasteiger partial charge in [-0.05, 0) is 69.0 Å². The molecule has 3 rings (SSSR count). The minimum Gasteiger partial charge on any atom is -0.328 e. The summed E-state index contributed by atoms with van der Waals surface area (Å²) in [4.78, 5) is 14.9. The molecule has 1 fully saturated rings. The van der Waals surface area contributed by atoms with Crippen LogP contribution in [0.1, 0.15) is 42.9 Å². The van der Waals surface area contributed by atoms with Crippen LogP contribution in [0, 0.1) is 0 Å². The molecule has 2 atom stereocenters. The Morgan fingerprint density at radius 2 is 1.96 bits per heavy atom. The highest BCUT2D eigenvalue weighted by atomic mass is 32.2. The highest BCUT2D eigenvalue weighted by Gasteiger charge is 2.46. The van der Waals surface area contributed by atoms with Gasteiger partial charge in [0, 0.05) is 12.6 Å². The molecule has 0 aliphatic carbocycles. The van der Waals surface area contributed by atoms with Crippen molar-refractivity contribution in [1.29, 1.82) is 0 Å². The van der Waals surface area contributed by atoms with Gasteiger partial charge in [-0.3, -0.25) is 4.79 Å². The number of alkyl halides is 3. The molecule has 1 unspecified atom stereocenters. The van der Waals surface area contributed by atoms with Crippen molar-refractivity contribution in [1.82, 2.24) is 9.80 Å². The lowest BCUT2D eigenvalue weighted by Crippen LogP contribution is -2.47. The molecule has 1 saturated heterocycles. The molecule has 10 heteroatoms. The Labute approximate surface area is 162 Å². The Morgan fingerprint density at radius 3 is 2.54 bits per heavy atom. The molecule has 1 amide bonds. The van der Waals surface area contributed by atoms with E-state index in [1.54, 1.807) is 6.07 Å². The molecule has 2 N–H and O–H groups in total. The van der Waals surface area contributed by atoms with Crippen molar-refractivity contribution < 1.29 is 26.4 Å². The van der Waals surface area contributed by atoms with Crippen LogP contribution in [0.4, 0.5) is 13.2 Å². The highest BCUT2D eigenvalue weighted by Crippen LogP contribution is 2.38. The minimum absolute atomic E-state index is 0.0504. The Kier molecular flexibility index (Phi) is 5.75. The van der Waals surface area contributed by atoms with Crippen LogP contribution in [0.25, 0.3) is 0 Å². The van der Waals surface area contributed by atoms with Gasteiger partial charge in [-0.25, -0.2) is 13.6 Å². The summed E-state index contributed by atoms with van der Waals surface area (Å²) in [5.74, 6) is -1.89. The van der Waals surface area contributed by atoms with Gasteiger partial charge in [0.05, 0.1) is 10.9 Å². The summed E-state index contributed by atoms with van der Waals surface area (Å²) >= 11 is 0. The van der Waals surface area contributed by atoms with E-state index < -0.39 is 28.1 Å². The van der Waals surface area contributed by atoms with Gasteiger partial charge in [0.15, 0.2) is 0 Å². The van der Waals surface area contributed by atoms with Gasteiger partial charge in [0.2, 0.25) is 10.0 Å². The average Bonchev–Trinajstić information content (AvgIpc) is 3.01. The lowest BCUT2D eigenvalue weighted by Gasteiger charge is -2.38. The number of fused-ring (bicyclic) bond motifs is 1. The molecule has 0 spiro atoms. The quantitative estimate of drug-likeness (QED) is 0.811. The molecule has 28 heavy (non-hydrogen) atoms. The van der Waals surface area contributed by atoms with Crippen LogP contribution >= 0.6 is 0 Å². The Balaban J connectivity index is 1.96. The van der Waals surface area contributed by atoms with Gasteiger partial charge in [0.1, 0.15) is 0 Å². The normalized spacial score (nSPS) is 23.7. The maximum atomic E-state index is 13.1. The summed E-state index contributed by atoms with van der Waals surface area (Å²) in [5, 5.41) is 5.20. The zero-order valence-electron chi connectivity index (χ0n) is 15.6. The van der Waals surface area contributed by atoms with E-state index in [-0.39, 0.29) is 23.9 Å². The minimum atomic E-state index is -4.97. The molecule has 0 saturated carbocycles. The van der Waals surface area contributed by atoms with Gasteiger partial charge < -0.3 is 9.80 Å². The molecular weight excluding hydrogens is 395 g/mol. The third kappa shape index (κ3) is 4.33. The summed E-state index contributed by atoms with van der Waals surface area (Å²) in [6.45, 7) is 0.887. The summed E-state index contributed by atoms with van der Waals surface area (Å²) < 4.78 is 62.9. The van der Waals surface area contributed by atoms with E-state index in [4.69, 9.17) is 5.14 Å². The SMILES string of the molecule is CN1CCC[C@H]1CCC1c2cc(S(N)(=O)=O)ccc2CCN1C(=O)C(F)(F)F.